The smallest absolute Gasteiger partial charge is 0.274 e. The molecule has 5 rings (SSSR count). The standard InChI is InChI=1S/C25H29N5O3/c1-13-10-26-15(3)20(13)19-9-8-18(11-27-19)28-25(32)23(21(16-4-5-16)17-6-7-17)29-24(31)22-14(2)12-33-30-22/h8-12,16-17,21,23,26H,4-7H2,1-3H3,(H,28,32)(H,29,31)/t23-/m0/s1. The molecule has 1 atom stereocenters. The summed E-state index contributed by atoms with van der Waals surface area (Å²) in [6.07, 6.45) is 9.49. The number of pyridine rings is 1. The summed E-state index contributed by atoms with van der Waals surface area (Å²) in [5.74, 6) is 0.508. The minimum atomic E-state index is -0.623. The maximum Gasteiger partial charge on any atom is 0.274 e. The molecule has 2 saturated carbocycles. The van der Waals surface area contributed by atoms with Gasteiger partial charge < -0.3 is 20.1 Å². The molecule has 3 aromatic heterocycles. The highest BCUT2D eigenvalue weighted by Crippen LogP contribution is 2.51. The van der Waals surface area contributed by atoms with Gasteiger partial charge in [0.25, 0.3) is 5.91 Å². The van der Waals surface area contributed by atoms with Crippen LogP contribution < -0.4 is 10.6 Å². The molecular weight excluding hydrogens is 418 g/mol. The van der Waals surface area contributed by atoms with E-state index in [2.05, 4.69) is 25.8 Å². The monoisotopic (exact) mass is 447 g/mol. The molecule has 3 N–H and O–H groups in total. The quantitative estimate of drug-likeness (QED) is 0.480. The van der Waals surface area contributed by atoms with Gasteiger partial charge in [0.1, 0.15) is 12.3 Å². The van der Waals surface area contributed by atoms with Crippen molar-refractivity contribution in [1.82, 2.24) is 20.4 Å². The third-order valence-corrected chi connectivity index (χ3v) is 6.81. The zero-order valence-electron chi connectivity index (χ0n) is 19.1. The number of rotatable bonds is 8. The molecule has 2 aliphatic rings. The molecule has 0 spiro atoms. The van der Waals surface area contributed by atoms with Crippen molar-refractivity contribution >= 4 is 17.5 Å². The van der Waals surface area contributed by atoms with Gasteiger partial charge in [-0.2, -0.15) is 0 Å². The normalized spacial score (nSPS) is 16.6. The average Bonchev–Trinajstić information content (AvgIpc) is 3.72. The molecule has 0 saturated heterocycles. The first-order valence-corrected chi connectivity index (χ1v) is 11.6. The van der Waals surface area contributed by atoms with E-state index >= 15 is 0 Å². The van der Waals surface area contributed by atoms with Gasteiger partial charge in [0.05, 0.1) is 17.6 Å². The molecule has 172 valence electrons. The SMILES string of the molecule is Cc1conc1C(=O)N[C@H](C(=O)Nc1ccc(-c2c(C)c[nH]c2C)nc1)C(C1CC1)C1CC1. The van der Waals surface area contributed by atoms with Crippen LogP contribution in [0.3, 0.4) is 0 Å². The second-order valence-corrected chi connectivity index (χ2v) is 9.44. The number of aryl methyl sites for hydroxylation is 3. The molecule has 0 aliphatic heterocycles. The summed E-state index contributed by atoms with van der Waals surface area (Å²) in [5, 5.41) is 9.77. The number of carbonyl (C=O) groups is 2. The number of nitrogens with one attached hydrogen (secondary N) is 3. The Balaban J connectivity index is 1.35. The van der Waals surface area contributed by atoms with E-state index in [1.165, 1.54) is 6.26 Å². The highest BCUT2D eigenvalue weighted by molar-refractivity contribution is 6.01. The molecule has 2 amide bonds. The molecule has 0 radical (unpaired) electrons. The van der Waals surface area contributed by atoms with Crippen LogP contribution >= 0.6 is 0 Å². The topological polar surface area (TPSA) is 113 Å². The molecule has 8 heteroatoms. The van der Waals surface area contributed by atoms with Crippen molar-refractivity contribution in [3.8, 4) is 11.3 Å². The third-order valence-electron chi connectivity index (χ3n) is 6.81. The lowest BCUT2D eigenvalue weighted by molar-refractivity contribution is -0.119. The van der Waals surface area contributed by atoms with Crippen molar-refractivity contribution in [2.75, 3.05) is 5.32 Å². The fourth-order valence-corrected chi connectivity index (χ4v) is 4.83. The summed E-state index contributed by atoms with van der Waals surface area (Å²) < 4.78 is 4.92. The van der Waals surface area contributed by atoms with E-state index in [9.17, 15) is 9.59 Å². The highest BCUT2D eigenvalue weighted by atomic mass is 16.5. The lowest BCUT2D eigenvalue weighted by Crippen LogP contribution is -2.50. The van der Waals surface area contributed by atoms with Crippen molar-refractivity contribution in [3.05, 3.63) is 53.3 Å². The maximum atomic E-state index is 13.4. The lowest BCUT2D eigenvalue weighted by Gasteiger charge is -2.27. The fourth-order valence-electron chi connectivity index (χ4n) is 4.83. The number of nitrogens with zero attached hydrogens (tertiary/aromatic N) is 2. The van der Waals surface area contributed by atoms with Gasteiger partial charge in [0.2, 0.25) is 5.91 Å². The van der Waals surface area contributed by atoms with Gasteiger partial charge >= 0.3 is 0 Å². The first-order chi connectivity index (χ1) is 15.9. The van der Waals surface area contributed by atoms with Crippen LogP contribution in [0.2, 0.25) is 0 Å². The van der Waals surface area contributed by atoms with Crippen molar-refractivity contribution in [2.24, 2.45) is 17.8 Å². The van der Waals surface area contributed by atoms with Crippen LogP contribution in [0.1, 0.15) is 53.0 Å². The van der Waals surface area contributed by atoms with Gasteiger partial charge in [0, 0.05) is 23.0 Å². The largest absolute Gasteiger partial charge is 0.364 e. The van der Waals surface area contributed by atoms with Crippen molar-refractivity contribution in [2.45, 2.75) is 52.5 Å². The number of carbonyl (C=O) groups excluding carboxylic acids is 2. The van der Waals surface area contributed by atoms with E-state index in [-0.39, 0.29) is 23.4 Å². The first-order valence-electron chi connectivity index (χ1n) is 11.6. The van der Waals surface area contributed by atoms with Gasteiger partial charge in [-0.1, -0.05) is 5.16 Å². The van der Waals surface area contributed by atoms with Crippen LogP contribution in [-0.4, -0.2) is 33.0 Å². The second-order valence-electron chi connectivity index (χ2n) is 9.44. The Kier molecular flexibility index (Phi) is 5.52. The minimum absolute atomic E-state index is 0.138. The van der Waals surface area contributed by atoms with Gasteiger partial charge in [-0.05, 0) is 81.9 Å². The second kappa shape index (κ2) is 8.50. The van der Waals surface area contributed by atoms with E-state index in [1.807, 2.05) is 32.2 Å². The Morgan fingerprint density at radius 2 is 1.82 bits per heavy atom. The van der Waals surface area contributed by atoms with E-state index in [0.29, 0.717) is 23.1 Å². The van der Waals surface area contributed by atoms with Crippen molar-refractivity contribution < 1.29 is 14.1 Å². The zero-order valence-corrected chi connectivity index (χ0v) is 19.1. The number of anilines is 1. The zero-order chi connectivity index (χ0) is 23.1. The molecule has 0 bridgehead atoms. The molecule has 0 aromatic carbocycles. The Morgan fingerprint density at radius 3 is 2.33 bits per heavy atom. The first kappa shape index (κ1) is 21.4. The number of hydrogen-bond acceptors (Lipinski definition) is 5. The number of H-pyrrole nitrogens is 1. The fraction of sp³-hybridized carbons (Fsp3) is 0.440. The maximum absolute atomic E-state index is 13.4. The molecule has 2 aliphatic carbocycles. The number of amides is 2. The van der Waals surface area contributed by atoms with Crippen molar-refractivity contribution in [1.29, 1.82) is 0 Å². The van der Waals surface area contributed by atoms with Gasteiger partial charge in [-0.15, -0.1) is 0 Å². The van der Waals surface area contributed by atoms with Crippen LogP contribution in [0.25, 0.3) is 11.3 Å². The molecule has 3 aromatic rings. The Hall–Kier alpha value is -3.42. The molecule has 3 heterocycles. The molecule has 8 nitrogen and oxygen atoms in total. The molecule has 2 fully saturated rings. The Bertz CT molecular complexity index is 1140. The third kappa shape index (κ3) is 4.42. The average molecular weight is 448 g/mol. The van der Waals surface area contributed by atoms with Crippen LogP contribution in [0.4, 0.5) is 5.69 Å². The van der Waals surface area contributed by atoms with Gasteiger partial charge in [-0.25, -0.2) is 0 Å². The lowest BCUT2D eigenvalue weighted by atomic mass is 9.88. The molecule has 33 heavy (non-hydrogen) atoms. The number of hydrogen-bond donors (Lipinski definition) is 3. The summed E-state index contributed by atoms with van der Waals surface area (Å²) in [6.45, 7) is 5.82. The molecular formula is C25H29N5O3. The minimum Gasteiger partial charge on any atom is -0.364 e. The van der Waals surface area contributed by atoms with E-state index in [1.54, 1.807) is 13.1 Å². The van der Waals surface area contributed by atoms with E-state index in [0.717, 1.165) is 48.2 Å². The van der Waals surface area contributed by atoms with Crippen LogP contribution in [0, 0.1) is 38.5 Å². The highest BCUT2D eigenvalue weighted by Gasteiger charge is 2.48. The Morgan fingerprint density at radius 1 is 1.09 bits per heavy atom. The molecule has 0 unspecified atom stereocenters. The summed E-state index contributed by atoms with van der Waals surface area (Å²) in [4.78, 5) is 34.1. The van der Waals surface area contributed by atoms with Gasteiger partial charge in [-0.3, -0.25) is 14.6 Å². The summed E-state index contributed by atoms with van der Waals surface area (Å²) in [5.41, 5.74) is 5.58. The summed E-state index contributed by atoms with van der Waals surface area (Å²) in [6, 6.07) is 3.14. The van der Waals surface area contributed by atoms with Crippen LogP contribution in [0.15, 0.2) is 35.3 Å². The van der Waals surface area contributed by atoms with Gasteiger partial charge in [0.15, 0.2) is 5.69 Å². The summed E-state index contributed by atoms with van der Waals surface area (Å²) >= 11 is 0. The Labute approximate surface area is 192 Å². The van der Waals surface area contributed by atoms with E-state index in [4.69, 9.17) is 4.52 Å². The van der Waals surface area contributed by atoms with Crippen LogP contribution in [0.5, 0.6) is 0 Å². The van der Waals surface area contributed by atoms with E-state index < -0.39 is 6.04 Å². The predicted molar refractivity (Wildman–Crippen MR) is 124 cm³/mol. The van der Waals surface area contributed by atoms with Crippen LogP contribution in [-0.2, 0) is 4.79 Å². The van der Waals surface area contributed by atoms with Crippen molar-refractivity contribution in [3.63, 3.8) is 0 Å². The predicted octanol–water partition coefficient (Wildman–Crippen LogP) is 4.16. The number of aromatic nitrogens is 3. The summed E-state index contributed by atoms with van der Waals surface area (Å²) in [7, 11) is 0. The number of aromatic amines is 1.